The predicted octanol–water partition coefficient (Wildman–Crippen LogP) is 2.71. The fraction of sp³-hybridized carbons (Fsp3) is 0.562. The molecule has 2 fully saturated rings. The van der Waals surface area contributed by atoms with E-state index < -0.39 is 11.6 Å². The zero-order valence-electron chi connectivity index (χ0n) is 12.0. The van der Waals surface area contributed by atoms with Crippen molar-refractivity contribution in [2.75, 3.05) is 19.6 Å². The molecule has 1 saturated carbocycles. The van der Waals surface area contributed by atoms with Gasteiger partial charge >= 0.3 is 0 Å². The number of nitrogens with one attached hydrogen (secondary N) is 1. The first-order valence-electron chi connectivity index (χ1n) is 7.60. The van der Waals surface area contributed by atoms with Crippen LogP contribution in [-0.4, -0.2) is 36.0 Å². The van der Waals surface area contributed by atoms with E-state index >= 15 is 0 Å². The smallest absolute Gasteiger partial charge is 0.257 e. The highest BCUT2D eigenvalue weighted by Gasteiger charge is 2.42. The first-order chi connectivity index (χ1) is 10.1. The predicted molar refractivity (Wildman–Crippen MR) is 76.1 cm³/mol. The van der Waals surface area contributed by atoms with Crippen LogP contribution in [0.2, 0.25) is 0 Å². The molecule has 1 heterocycles. The summed E-state index contributed by atoms with van der Waals surface area (Å²) in [5, 5.41) is 3.36. The van der Waals surface area contributed by atoms with Gasteiger partial charge in [0.15, 0.2) is 0 Å². The Morgan fingerprint density at radius 3 is 2.67 bits per heavy atom. The lowest BCUT2D eigenvalue weighted by Gasteiger charge is -2.49. The van der Waals surface area contributed by atoms with E-state index in [1.165, 1.54) is 12.5 Å². The van der Waals surface area contributed by atoms with Gasteiger partial charge in [0.2, 0.25) is 0 Å². The van der Waals surface area contributed by atoms with Gasteiger partial charge in [0.1, 0.15) is 11.6 Å². The molecule has 21 heavy (non-hydrogen) atoms. The van der Waals surface area contributed by atoms with Crippen molar-refractivity contribution in [3.63, 3.8) is 0 Å². The number of benzene rings is 1. The monoisotopic (exact) mass is 294 g/mol. The summed E-state index contributed by atoms with van der Waals surface area (Å²) in [4.78, 5) is 14.6. The second kappa shape index (κ2) is 5.72. The maximum absolute atomic E-state index is 13.9. The fourth-order valence-electron chi connectivity index (χ4n) is 3.63. The molecule has 2 aliphatic rings. The first-order valence-corrected chi connectivity index (χ1v) is 7.60. The Hall–Kier alpha value is -1.49. The highest BCUT2D eigenvalue weighted by molar-refractivity contribution is 5.95. The summed E-state index contributed by atoms with van der Waals surface area (Å²) in [6, 6.07) is 3.18. The normalized spacial score (nSPS) is 21.5. The van der Waals surface area contributed by atoms with Gasteiger partial charge in [0.25, 0.3) is 5.91 Å². The van der Waals surface area contributed by atoms with Gasteiger partial charge in [-0.3, -0.25) is 4.79 Å². The standard InChI is InChI=1S/C16H20F2N2O/c17-12-4-5-13(14(18)10-12)15(21)20-9-8-19-11-16(20)6-2-1-3-7-16/h4-5,10,19H,1-3,6-9,11H2. The van der Waals surface area contributed by atoms with Gasteiger partial charge in [-0.25, -0.2) is 8.78 Å². The zero-order valence-corrected chi connectivity index (χ0v) is 12.0. The number of hydrogen-bond acceptors (Lipinski definition) is 2. The molecule has 0 bridgehead atoms. The third kappa shape index (κ3) is 2.67. The summed E-state index contributed by atoms with van der Waals surface area (Å²) < 4.78 is 26.9. The Kier molecular flexibility index (Phi) is 3.93. The van der Waals surface area contributed by atoms with E-state index in [1.54, 1.807) is 0 Å². The van der Waals surface area contributed by atoms with Crippen LogP contribution in [0, 0.1) is 11.6 Å². The highest BCUT2D eigenvalue weighted by Crippen LogP contribution is 2.35. The summed E-state index contributed by atoms with van der Waals surface area (Å²) in [6.07, 6.45) is 5.28. The number of carbonyl (C=O) groups excluding carboxylic acids is 1. The Labute approximate surface area is 123 Å². The molecule has 1 N–H and O–H groups in total. The molecule has 0 radical (unpaired) electrons. The number of hydrogen-bond donors (Lipinski definition) is 1. The zero-order chi connectivity index (χ0) is 14.9. The lowest BCUT2D eigenvalue weighted by Crippen LogP contribution is -2.63. The van der Waals surface area contributed by atoms with Gasteiger partial charge in [-0.05, 0) is 25.0 Å². The van der Waals surface area contributed by atoms with Crippen LogP contribution in [0.1, 0.15) is 42.5 Å². The minimum atomic E-state index is -0.774. The van der Waals surface area contributed by atoms with Crippen LogP contribution in [0.3, 0.4) is 0 Å². The molecule has 1 amide bonds. The molecule has 0 aromatic heterocycles. The third-order valence-corrected chi connectivity index (χ3v) is 4.73. The van der Waals surface area contributed by atoms with Gasteiger partial charge in [-0.2, -0.15) is 0 Å². The molecule has 0 atom stereocenters. The molecule has 3 nitrogen and oxygen atoms in total. The van der Waals surface area contributed by atoms with Crippen LogP contribution in [0.25, 0.3) is 0 Å². The van der Waals surface area contributed by atoms with E-state index in [4.69, 9.17) is 0 Å². The number of piperazine rings is 1. The molecule has 0 unspecified atom stereocenters. The maximum Gasteiger partial charge on any atom is 0.257 e. The average Bonchev–Trinajstić information content (AvgIpc) is 2.48. The van der Waals surface area contributed by atoms with Crippen molar-refractivity contribution >= 4 is 5.91 Å². The highest BCUT2D eigenvalue weighted by atomic mass is 19.1. The summed E-state index contributed by atoms with van der Waals surface area (Å²) in [6.45, 7) is 2.06. The van der Waals surface area contributed by atoms with Crippen LogP contribution in [0.15, 0.2) is 18.2 Å². The van der Waals surface area contributed by atoms with Crippen molar-refractivity contribution < 1.29 is 13.6 Å². The molecule has 3 rings (SSSR count). The number of halogens is 2. The lowest BCUT2D eigenvalue weighted by atomic mass is 9.78. The van der Waals surface area contributed by atoms with Crippen molar-refractivity contribution in [1.82, 2.24) is 10.2 Å². The van der Waals surface area contributed by atoms with Crippen molar-refractivity contribution in [2.45, 2.75) is 37.6 Å². The van der Waals surface area contributed by atoms with E-state index in [1.807, 2.05) is 4.90 Å². The van der Waals surface area contributed by atoms with E-state index in [9.17, 15) is 13.6 Å². The number of carbonyl (C=O) groups is 1. The molecule has 1 aliphatic carbocycles. The van der Waals surface area contributed by atoms with Gasteiger partial charge in [0.05, 0.1) is 11.1 Å². The molecule has 1 aromatic carbocycles. The summed E-state index contributed by atoms with van der Waals surface area (Å²) in [5.41, 5.74) is -0.225. The molecular weight excluding hydrogens is 274 g/mol. The lowest BCUT2D eigenvalue weighted by molar-refractivity contribution is 0.0218. The fourth-order valence-corrected chi connectivity index (χ4v) is 3.63. The molecule has 1 saturated heterocycles. The quantitative estimate of drug-likeness (QED) is 0.864. The van der Waals surface area contributed by atoms with Crippen molar-refractivity contribution in [3.05, 3.63) is 35.4 Å². The number of amides is 1. The van der Waals surface area contributed by atoms with Crippen LogP contribution in [-0.2, 0) is 0 Å². The minimum absolute atomic E-state index is 0.0248. The van der Waals surface area contributed by atoms with Crippen molar-refractivity contribution in [2.24, 2.45) is 0 Å². The van der Waals surface area contributed by atoms with Gasteiger partial charge in [0, 0.05) is 25.7 Å². The Morgan fingerprint density at radius 2 is 1.95 bits per heavy atom. The summed E-state index contributed by atoms with van der Waals surface area (Å²) in [7, 11) is 0. The second-order valence-corrected chi connectivity index (χ2v) is 6.04. The van der Waals surface area contributed by atoms with E-state index in [-0.39, 0.29) is 17.0 Å². The molecule has 5 heteroatoms. The summed E-state index contributed by atoms with van der Waals surface area (Å²) >= 11 is 0. The average molecular weight is 294 g/mol. The van der Waals surface area contributed by atoms with Crippen molar-refractivity contribution in [1.29, 1.82) is 0 Å². The van der Waals surface area contributed by atoms with Gasteiger partial charge in [-0.1, -0.05) is 19.3 Å². The number of rotatable bonds is 1. The Bertz CT molecular complexity index is 533. The topological polar surface area (TPSA) is 32.3 Å². The van der Waals surface area contributed by atoms with Gasteiger partial charge < -0.3 is 10.2 Å². The van der Waals surface area contributed by atoms with Gasteiger partial charge in [-0.15, -0.1) is 0 Å². The van der Waals surface area contributed by atoms with Crippen LogP contribution >= 0.6 is 0 Å². The van der Waals surface area contributed by atoms with Crippen LogP contribution < -0.4 is 5.32 Å². The third-order valence-electron chi connectivity index (χ3n) is 4.73. The Morgan fingerprint density at radius 1 is 1.19 bits per heavy atom. The molecule has 1 spiro atoms. The van der Waals surface area contributed by atoms with E-state index in [0.29, 0.717) is 6.54 Å². The molecule has 114 valence electrons. The largest absolute Gasteiger partial charge is 0.330 e. The molecule has 1 aliphatic heterocycles. The maximum atomic E-state index is 13.9. The second-order valence-electron chi connectivity index (χ2n) is 6.04. The van der Waals surface area contributed by atoms with E-state index in [2.05, 4.69) is 5.32 Å². The molecular formula is C16H20F2N2O. The van der Waals surface area contributed by atoms with Crippen LogP contribution in [0.4, 0.5) is 8.78 Å². The Balaban J connectivity index is 1.90. The van der Waals surface area contributed by atoms with Crippen LogP contribution in [0.5, 0.6) is 0 Å². The van der Waals surface area contributed by atoms with Crippen molar-refractivity contribution in [3.8, 4) is 0 Å². The summed E-state index contributed by atoms with van der Waals surface area (Å²) in [5.74, 6) is -1.74. The minimum Gasteiger partial charge on any atom is -0.330 e. The van der Waals surface area contributed by atoms with E-state index in [0.717, 1.165) is 50.9 Å². The SMILES string of the molecule is O=C(c1ccc(F)cc1F)N1CCNCC12CCCCC2. The first kappa shape index (κ1) is 14.4. The molecule has 1 aromatic rings. The number of nitrogens with zero attached hydrogens (tertiary/aromatic N) is 1.